The second-order valence-corrected chi connectivity index (χ2v) is 5.41. The maximum Gasteiger partial charge on any atom is 0.240 e. The summed E-state index contributed by atoms with van der Waals surface area (Å²) in [7, 11) is -1.61. The lowest BCUT2D eigenvalue weighted by atomic mass is 10.3. The predicted octanol–water partition coefficient (Wildman–Crippen LogP) is 1.04. The number of fused-ring (bicyclic) bond motifs is 1. The predicted molar refractivity (Wildman–Crippen MR) is 66.1 cm³/mol. The molecule has 17 heavy (non-hydrogen) atoms. The highest BCUT2D eigenvalue weighted by Crippen LogP contribution is 2.17. The second-order valence-electron chi connectivity index (χ2n) is 3.65. The van der Waals surface area contributed by atoms with Gasteiger partial charge in [0.25, 0.3) is 0 Å². The average molecular weight is 251 g/mol. The van der Waals surface area contributed by atoms with Gasteiger partial charge in [0, 0.05) is 13.6 Å². The molecule has 0 aliphatic rings. The minimum absolute atomic E-state index is 0.211. The molecule has 0 aliphatic carbocycles. The number of sulfonamides is 1. The van der Waals surface area contributed by atoms with E-state index in [9.17, 15) is 8.42 Å². The van der Waals surface area contributed by atoms with Gasteiger partial charge in [0.15, 0.2) is 0 Å². The first-order chi connectivity index (χ1) is 8.04. The lowest BCUT2D eigenvalue weighted by Crippen LogP contribution is -2.23. The van der Waals surface area contributed by atoms with Gasteiger partial charge in [-0.05, 0) is 18.2 Å². The Kier molecular flexibility index (Phi) is 2.99. The van der Waals surface area contributed by atoms with E-state index < -0.39 is 10.0 Å². The van der Waals surface area contributed by atoms with Crippen LogP contribution in [0, 0.1) is 0 Å². The maximum atomic E-state index is 11.8. The smallest absolute Gasteiger partial charge is 0.240 e. The number of nitrogens with one attached hydrogen (secondary N) is 1. The minimum atomic E-state index is -3.48. The quantitative estimate of drug-likeness (QED) is 0.826. The molecule has 0 saturated heterocycles. The zero-order valence-corrected chi connectivity index (χ0v) is 10.2. The van der Waals surface area contributed by atoms with E-state index >= 15 is 0 Å². The van der Waals surface area contributed by atoms with E-state index in [0.717, 1.165) is 5.52 Å². The first-order valence-electron chi connectivity index (χ1n) is 5.06. The van der Waals surface area contributed by atoms with E-state index in [1.807, 2.05) is 11.6 Å². The van der Waals surface area contributed by atoms with Crippen LogP contribution in [0.4, 0.5) is 0 Å². The summed E-state index contributed by atoms with van der Waals surface area (Å²) in [4.78, 5) is 4.34. The van der Waals surface area contributed by atoms with E-state index in [1.54, 1.807) is 24.5 Å². The van der Waals surface area contributed by atoms with E-state index in [1.165, 1.54) is 6.08 Å². The lowest BCUT2D eigenvalue weighted by molar-refractivity contribution is 0.586. The van der Waals surface area contributed by atoms with Crippen LogP contribution >= 0.6 is 0 Å². The van der Waals surface area contributed by atoms with Gasteiger partial charge in [-0.1, -0.05) is 6.08 Å². The van der Waals surface area contributed by atoms with Crippen LogP contribution in [0.15, 0.2) is 42.1 Å². The Morgan fingerprint density at radius 2 is 2.29 bits per heavy atom. The van der Waals surface area contributed by atoms with Gasteiger partial charge >= 0.3 is 0 Å². The van der Waals surface area contributed by atoms with Crippen LogP contribution in [0.1, 0.15) is 0 Å². The van der Waals surface area contributed by atoms with E-state index in [0.29, 0.717) is 5.52 Å². The van der Waals surface area contributed by atoms with Crippen LogP contribution in [0.3, 0.4) is 0 Å². The first kappa shape index (κ1) is 11.8. The molecule has 90 valence electrons. The molecule has 1 aromatic heterocycles. The molecule has 0 fully saturated rings. The third-order valence-electron chi connectivity index (χ3n) is 2.42. The van der Waals surface area contributed by atoms with Crippen molar-refractivity contribution in [1.82, 2.24) is 14.3 Å². The lowest BCUT2D eigenvalue weighted by Gasteiger charge is -2.04. The monoisotopic (exact) mass is 251 g/mol. The Bertz CT molecular complexity index is 658. The summed E-state index contributed by atoms with van der Waals surface area (Å²) in [6.45, 7) is 3.68. The highest BCUT2D eigenvalue weighted by molar-refractivity contribution is 7.89. The number of benzene rings is 1. The van der Waals surface area contributed by atoms with E-state index in [2.05, 4.69) is 16.3 Å². The molecular formula is C11H13N3O2S. The molecule has 1 aromatic carbocycles. The molecule has 0 atom stereocenters. The first-order valence-corrected chi connectivity index (χ1v) is 6.54. The largest absolute Gasteiger partial charge is 0.334 e. The van der Waals surface area contributed by atoms with Gasteiger partial charge in [-0.25, -0.2) is 18.1 Å². The zero-order chi connectivity index (χ0) is 12.5. The summed E-state index contributed by atoms with van der Waals surface area (Å²) in [6.07, 6.45) is 3.15. The average Bonchev–Trinajstić information content (AvgIpc) is 2.68. The highest BCUT2D eigenvalue weighted by Gasteiger charge is 2.14. The zero-order valence-electron chi connectivity index (χ0n) is 9.42. The molecule has 0 amide bonds. The molecule has 0 bridgehead atoms. The molecule has 5 nitrogen and oxygen atoms in total. The molecule has 1 N–H and O–H groups in total. The fourth-order valence-electron chi connectivity index (χ4n) is 1.54. The van der Waals surface area contributed by atoms with Crippen molar-refractivity contribution in [3.05, 3.63) is 37.2 Å². The van der Waals surface area contributed by atoms with Crippen molar-refractivity contribution in [2.75, 3.05) is 6.54 Å². The van der Waals surface area contributed by atoms with Gasteiger partial charge in [-0.2, -0.15) is 0 Å². The van der Waals surface area contributed by atoms with Gasteiger partial charge in [-0.3, -0.25) is 0 Å². The number of hydrogen-bond donors (Lipinski definition) is 1. The third kappa shape index (κ3) is 2.22. The molecule has 6 heteroatoms. The van der Waals surface area contributed by atoms with Crippen LogP contribution in [-0.4, -0.2) is 24.5 Å². The summed E-state index contributed by atoms with van der Waals surface area (Å²) in [6, 6.07) is 4.86. The van der Waals surface area contributed by atoms with Gasteiger partial charge in [-0.15, -0.1) is 6.58 Å². The molecule has 2 rings (SSSR count). The third-order valence-corrected chi connectivity index (χ3v) is 3.85. The Hall–Kier alpha value is -1.66. The summed E-state index contributed by atoms with van der Waals surface area (Å²) < 4.78 is 27.9. The van der Waals surface area contributed by atoms with Crippen molar-refractivity contribution in [3.63, 3.8) is 0 Å². The van der Waals surface area contributed by atoms with Crippen molar-refractivity contribution in [2.45, 2.75) is 4.90 Å². The summed E-state index contributed by atoms with van der Waals surface area (Å²) >= 11 is 0. The molecule has 0 saturated carbocycles. The minimum Gasteiger partial charge on any atom is -0.334 e. The molecule has 0 spiro atoms. The highest BCUT2D eigenvalue weighted by atomic mass is 32.2. The van der Waals surface area contributed by atoms with E-state index in [-0.39, 0.29) is 11.4 Å². The fourth-order valence-corrected chi connectivity index (χ4v) is 2.55. The number of hydrogen-bond acceptors (Lipinski definition) is 3. The van der Waals surface area contributed by atoms with Gasteiger partial charge in [0.1, 0.15) is 0 Å². The van der Waals surface area contributed by atoms with Crippen LogP contribution in [-0.2, 0) is 17.1 Å². The molecule has 0 aliphatic heterocycles. The van der Waals surface area contributed by atoms with Crippen molar-refractivity contribution >= 4 is 21.1 Å². The summed E-state index contributed by atoms with van der Waals surface area (Å²) in [5.74, 6) is 0. The van der Waals surface area contributed by atoms with Crippen molar-refractivity contribution in [2.24, 2.45) is 7.05 Å². The normalized spacial score (nSPS) is 11.8. The standard InChI is InChI=1S/C11H13N3O2S/c1-3-6-13-17(15,16)9-4-5-11-10(7-9)12-8-14(11)2/h3-5,7-8,13H,1,6H2,2H3. The van der Waals surface area contributed by atoms with Crippen molar-refractivity contribution in [3.8, 4) is 0 Å². The fraction of sp³-hybridized carbons (Fsp3) is 0.182. The number of aryl methyl sites for hydroxylation is 1. The topological polar surface area (TPSA) is 64.0 Å². The van der Waals surface area contributed by atoms with Crippen LogP contribution in [0.5, 0.6) is 0 Å². The Labute approximate surface area is 99.8 Å². The Morgan fingerprint density at radius 3 is 3.00 bits per heavy atom. The Morgan fingerprint density at radius 1 is 1.53 bits per heavy atom. The van der Waals surface area contributed by atoms with Crippen molar-refractivity contribution < 1.29 is 8.42 Å². The number of nitrogens with zero attached hydrogens (tertiary/aromatic N) is 2. The van der Waals surface area contributed by atoms with Gasteiger partial charge in [0.05, 0.1) is 22.3 Å². The SMILES string of the molecule is C=CCNS(=O)(=O)c1ccc2c(c1)ncn2C. The van der Waals surface area contributed by atoms with Gasteiger partial charge in [0.2, 0.25) is 10.0 Å². The molecule has 2 aromatic rings. The van der Waals surface area contributed by atoms with Crippen molar-refractivity contribution in [1.29, 1.82) is 0 Å². The molecule has 0 unspecified atom stereocenters. The summed E-state index contributed by atoms with van der Waals surface area (Å²) in [5, 5.41) is 0. The number of aromatic nitrogens is 2. The van der Waals surface area contributed by atoms with E-state index in [4.69, 9.17) is 0 Å². The van der Waals surface area contributed by atoms with Crippen LogP contribution < -0.4 is 4.72 Å². The molecular weight excluding hydrogens is 238 g/mol. The van der Waals surface area contributed by atoms with Crippen LogP contribution in [0.25, 0.3) is 11.0 Å². The second kappa shape index (κ2) is 4.31. The maximum absolute atomic E-state index is 11.8. The molecule has 1 heterocycles. The Balaban J connectivity index is 2.46. The van der Waals surface area contributed by atoms with Gasteiger partial charge < -0.3 is 4.57 Å². The number of rotatable bonds is 4. The summed E-state index contributed by atoms with van der Waals surface area (Å²) in [5.41, 5.74) is 1.56. The van der Waals surface area contributed by atoms with Crippen LogP contribution in [0.2, 0.25) is 0 Å². The molecule has 0 radical (unpaired) electrons. The number of imidazole rings is 1.